The first-order valence-electron chi connectivity index (χ1n) is 9.70. The number of hydrogen-bond donors (Lipinski definition) is 7. The van der Waals surface area contributed by atoms with E-state index in [1.807, 2.05) is 0 Å². The Morgan fingerprint density at radius 1 is 1.19 bits per heavy atom. The standard InChI is InChI=1S/C19H26N6O7/c1-9(26)15(18(29)30)23-19(31)22-13(8-14(21)28)17-24-16(25-32-17)12(20)7-4-10-2-5-11(27)6-3-10/h2-3,5-6,9,12-13,15,26-27H,4,7-8,20H2,1H3,(H2,21,28)(H,29,30)(H2,22,23,31)/t9?,12-,13-,15-/m0/s1. The van der Waals surface area contributed by atoms with Crippen LogP contribution in [0.2, 0.25) is 0 Å². The van der Waals surface area contributed by atoms with Gasteiger partial charge in [0.15, 0.2) is 11.9 Å². The predicted octanol–water partition coefficient (Wildman–Crippen LogP) is -0.542. The number of aryl methyl sites for hydroxylation is 1. The van der Waals surface area contributed by atoms with Crippen LogP contribution in [-0.4, -0.2) is 55.5 Å². The molecule has 2 rings (SSSR count). The van der Waals surface area contributed by atoms with E-state index < -0.39 is 48.6 Å². The first kappa shape index (κ1) is 24.6. The average molecular weight is 450 g/mol. The van der Waals surface area contributed by atoms with Crippen LogP contribution < -0.4 is 22.1 Å². The van der Waals surface area contributed by atoms with E-state index in [9.17, 15) is 24.6 Å². The molecule has 0 bridgehead atoms. The maximum Gasteiger partial charge on any atom is 0.328 e. The van der Waals surface area contributed by atoms with Crippen molar-refractivity contribution in [3.63, 3.8) is 0 Å². The normalized spacial score (nSPS) is 14.7. The van der Waals surface area contributed by atoms with Crippen molar-refractivity contribution in [2.45, 2.75) is 50.4 Å². The maximum atomic E-state index is 12.2. The number of phenols is 1. The number of primary amides is 1. The van der Waals surface area contributed by atoms with Crippen LogP contribution in [0.4, 0.5) is 4.79 Å². The molecule has 3 amide bonds. The lowest BCUT2D eigenvalue weighted by Gasteiger charge is -2.19. The van der Waals surface area contributed by atoms with E-state index in [-0.39, 0.29) is 17.5 Å². The highest BCUT2D eigenvalue weighted by Crippen LogP contribution is 2.20. The summed E-state index contributed by atoms with van der Waals surface area (Å²) in [5.74, 6) is -2.07. The van der Waals surface area contributed by atoms with Gasteiger partial charge < -0.3 is 41.9 Å². The second-order valence-corrected chi connectivity index (χ2v) is 7.20. The summed E-state index contributed by atoms with van der Waals surface area (Å²) in [5.41, 5.74) is 12.3. The number of aromatic nitrogens is 2. The number of phenolic OH excluding ortho intramolecular Hbond substituents is 1. The van der Waals surface area contributed by atoms with Crippen LogP contribution in [0, 0.1) is 0 Å². The first-order valence-corrected chi connectivity index (χ1v) is 9.70. The van der Waals surface area contributed by atoms with Crippen LogP contribution in [0.15, 0.2) is 28.8 Å². The average Bonchev–Trinajstić information content (AvgIpc) is 3.20. The van der Waals surface area contributed by atoms with E-state index in [4.69, 9.17) is 21.1 Å². The minimum atomic E-state index is -1.57. The molecule has 174 valence electrons. The fraction of sp³-hybridized carbons (Fsp3) is 0.421. The summed E-state index contributed by atoms with van der Waals surface area (Å²) in [6, 6.07) is 2.32. The van der Waals surface area contributed by atoms with Crippen LogP contribution >= 0.6 is 0 Å². The summed E-state index contributed by atoms with van der Waals surface area (Å²) in [5, 5.41) is 36.1. The van der Waals surface area contributed by atoms with E-state index in [0.29, 0.717) is 12.8 Å². The van der Waals surface area contributed by atoms with Gasteiger partial charge in [0, 0.05) is 0 Å². The fourth-order valence-electron chi connectivity index (χ4n) is 2.78. The molecular weight excluding hydrogens is 424 g/mol. The zero-order valence-electron chi connectivity index (χ0n) is 17.3. The Labute approximate surface area is 182 Å². The van der Waals surface area contributed by atoms with E-state index in [0.717, 1.165) is 5.56 Å². The van der Waals surface area contributed by atoms with Gasteiger partial charge in [-0.15, -0.1) is 0 Å². The van der Waals surface area contributed by atoms with Gasteiger partial charge in [-0.3, -0.25) is 4.79 Å². The number of carbonyl (C=O) groups excluding carboxylic acids is 2. The van der Waals surface area contributed by atoms with Crippen LogP contribution in [0.1, 0.15) is 49.1 Å². The van der Waals surface area contributed by atoms with Crippen molar-refractivity contribution in [2.75, 3.05) is 0 Å². The topological polar surface area (TPSA) is 227 Å². The number of carbonyl (C=O) groups is 3. The summed E-state index contributed by atoms with van der Waals surface area (Å²) in [4.78, 5) is 38.8. The third-order valence-electron chi connectivity index (χ3n) is 4.51. The number of nitrogens with zero attached hydrogens (tertiary/aromatic N) is 2. The molecule has 1 aromatic heterocycles. The Bertz CT molecular complexity index is 931. The number of aromatic hydroxyl groups is 1. The van der Waals surface area contributed by atoms with Crippen molar-refractivity contribution in [3.8, 4) is 5.75 Å². The van der Waals surface area contributed by atoms with Crippen molar-refractivity contribution in [2.24, 2.45) is 11.5 Å². The SMILES string of the molecule is CC(O)[C@H](NC(=O)N[C@@H](CC(N)=O)c1nc([C@@H](N)CCc2ccc(O)cc2)no1)C(=O)O. The molecule has 0 aliphatic heterocycles. The molecule has 0 aliphatic rings. The quantitative estimate of drug-likeness (QED) is 0.231. The molecule has 13 heteroatoms. The van der Waals surface area contributed by atoms with Gasteiger partial charge >= 0.3 is 12.0 Å². The van der Waals surface area contributed by atoms with Crippen molar-refractivity contribution in [1.29, 1.82) is 0 Å². The van der Waals surface area contributed by atoms with Crippen molar-refractivity contribution < 1.29 is 34.2 Å². The third kappa shape index (κ3) is 7.21. The molecular formula is C19H26N6O7. The lowest BCUT2D eigenvalue weighted by Crippen LogP contribution is -2.52. The summed E-state index contributed by atoms with van der Waals surface area (Å²) in [6.45, 7) is 1.20. The number of benzene rings is 1. The number of carboxylic acid groups (broad SMARTS) is 1. The minimum Gasteiger partial charge on any atom is -0.508 e. The molecule has 0 spiro atoms. The fourth-order valence-corrected chi connectivity index (χ4v) is 2.78. The molecule has 0 saturated heterocycles. The van der Waals surface area contributed by atoms with Gasteiger partial charge in [-0.1, -0.05) is 17.3 Å². The predicted molar refractivity (Wildman–Crippen MR) is 109 cm³/mol. The molecule has 1 unspecified atom stereocenters. The Morgan fingerprint density at radius 3 is 2.41 bits per heavy atom. The number of carboxylic acids is 1. The van der Waals surface area contributed by atoms with Crippen LogP contribution in [-0.2, 0) is 16.0 Å². The number of nitrogens with two attached hydrogens (primary N) is 2. The number of rotatable bonds is 11. The van der Waals surface area contributed by atoms with Gasteiger partial charge in [-0.05, 0) is 37.5 Å². The van der Waals surface area contributed by atoms with Gasteiger partial charge in [0.05, 0.1) is 18.6 Å². The number of aliphatic hydroxyl groups excluding tert-OH is 1. The second kappa shape index (κ2) is 11.1. The largest absolute Gasteiger partial charge is 0.508 e. The van der Waals surface area contributed by atoms with E-state index in [1.165, 1.54) is 6.92 Å². The minimum absolute atomic E-state index is 0.141. The Balaban J connectivity index is 2.05. The van der Waals surface area contributed by atoms with Crippen molar-refractivity contribution in [1.82, 2.24) is 20.8 Å². The molecule has 9 N–H and O–H groups in total. The number of hydrogen-bond acceptors (Lipinski definition) is 9. The molecule has 0 radical (unpaired) electrons. The number of aliphatic carboxylic acids is 1. The van der Waals surface area contributed by atoms with Gasteiger partial charge in [0.1, 0.15) is 11.8 Å². The van der Waals surface area contributed by atoms with Gasteiger partial charge in [0.25, 0.3) is 0 Å². The molecule has 1 aromatic carbocycles. The molecule has 13 nitrogen and oxygen atoms in total. The number of urea groups is 1. The third-order valence-corrected chi connectivity index (χ3v) is 4.51. The lowest BCUT2D eigenvalue weighted by atomic mass is 10.1. The molecule has 1 heterocycles. The summed E-state index contributed by atoms with van der Waals surface area (Å²) >= 11 is 0. The van der Waals surface area contributed by atoms with Crippen molar-refractivity contribution in [3.05, 3.63) is 41.5 Å². The maximum absolute atomic E-state index is 12.2. The summed E-state index contributed by atoms with van der Waals surface area (Å²) in [7, 11) is 0. The highest BCUT2D eigenvalue weighted by atomic mass is 16.5. The first-order chi connectivity index (χ1) is 15.1. The molecule has 32 heavy (non-hydrogen) atoms. The highest BCUT2D eigenvalue weighted by molar-refractivity contribution is 5.83. The molecule has 0 saturated carbocycles. The number of aliphatic hydroxyl groups is 1. The van der Waals surface area contributed by atoms with Crippen LogP contribution in [0.25, 0.3) is 0 Å². The second-order valence-electron chi connectivity index (χ2n) is 7.20. The van der Waals surface area contributed by atoms with Gasteiger partial charge in [0.2, 0.25) is 11.8 Å². The molecule has 0 fully saturated rings. The monoisotopic (exact) mass is 450 g/mol. The van der Waals surface area contributed by atoms with Crippen molar-refractivity contribution >= 4 is 17.9 Å². The smallest absolute Gasteiger partial charge is 0.328 e. The summed E-state index contributed by atoms with van der Waals surface area (Å²) in [6.07, 6.45) is -0.738. The lowest BCUT2D eigenvalue weighted by molar-refractivity contribution is -0.141. The van der Waals surface area contributed by atoms with Crippen LogP contribution in [0.5, 0.6) is 5.75 Å². The van der Waals surface area contributed by atoms with E-state index >= 15 is 0 Å². The Hall–Kier alpha value is -3.71. The Morgan fingerprint density at radius 2 is 1.84 bits per heavy atom. The van der Waals surface area contributed by atoms with E-state index in [1.54, 1.807) is 24.3 Å². The number of amides is 3. The molecule has 0 aliphatic carbocycles. The van der Waals surface area contributed by atoms with Gasteiger partial charge in [-0.25, -0.2) is 9.59 Å². The molecule has 2 aromatic rings. The van der Waals surface area contributed by atoms with Crippen LogP contribution in [0.3, 0.4) is 0 Å². The number of nitrogens with one attached hydrogen (secondary N) is 2. The summed E-state index contributed by atoms with van der Waals surface area (Å²) < 4.78 is 5.13. The highest BCUT2D eigenvalue weighted by Gasteiger charge is 2.29. The van der Waals surface area contributed by atoms with Gasteiger partial charge in [-0.2, -0.15) is 4.98 Å². The van der Waals surface area contributed by atoms with E-state index in [2.05, 4.69) is 20.8 Å². The Kier molecular flexibility index (Phi) is 8.49. The molecule has 4 atom stereocenters. The zero-order chi connectivity index (χ0) is 23.8. The zero-order valence-corrected chi connectivity index (χ0v) is 17.3.